The minimum absolute atomic E-state index is 0.0588. The van der Waals surface area contributed by atoms with Gasteiger partial charge in [0.2, 0.25) is 0 Å². The fourth-order valence-electron chi connectivity index (χ4n) is 4.19. The van der Waals surface area contributed by atoms with Crippen LogP contribution in [0.2, 0.25) is 0 Å². The molecule has 0 radical (unpaired) electrons. The second-order valence-corrected chi connectivity index (χ2v) is 8.17. The molecular weight excluding hydrogens is 406 g/mol. The summed E-state index contributed by atoms with van der Waals surface area (Å²) < 4.78 is 5.68. The molecule has 1 aliphatic rings. The van der Waals surface area contributed by atoms with Gasteiger partial charge in [0.05, 0.1) is 19.0 Å². The minimum atomic E-state index is -0.939. The van der Waals surface area contributed by atoms with Crippen molar-refractivity contribution in [2.75, 3.05) is 0 Å². The Bertz CT molecular complexity index is 1160. The number of benzene rings is 3. The van der Waals surface area contributed by atoms with Gasteiger partial charge in [-0.05, 0) is 48.2 Å². The zero-order chi connectivity index (χ0) is 22.8. The topological polar surface area (TPSA) is 87.1 Å². The molecule has 4 rings (SSSR count). The average Bonchev–Trinajstić information content (AvgIpc) is 3.04. The smallest absolute Gasteiger partial charge is 0.411 e. The molecule has 164 valence electrons. The summed E-state index contributed by atoms with van der Waals surface area (Å²) >= 11 is 0. The maximum atomic E-state index is 12.7. The van der Waals surface area contributed by atoms with Gasteiger partial charge in [0.25, 0.3) is 0 Å². The molecule has 3 aromatic rings. The third-order valence-electron chi connectivity index (χ3n) is 5.83. The van der Waals surface area contributed by atoms with Crippen LogP contribution >= 0.6 is 0 Å². The molecule has 1 heterocycles. The molecule has 2 atom stereocenters. The molecule has 1 fully saturated rings. The lowest BCUT2D eigenvalue weighted by molar-refractivity contribution is -0.136. The zero-order valence-corrected chi connectivity index (χ0v) is 18.0. The van der Waals surface area contributed by atoms with Crippen molar-refractivity contribution in [1.82, 2.24) is 4.90 Å². The number of carboxylic acids is 1. The van der Waals surface area contributed by atoms with E-state index in [0.29, 0.717) is 17.7 Å². The Morgan fingerprint density at radius 1 is 1.03 bits per heavy atom. The highest BCUT2D eigenvalue weighted by molar-refractivity contribution is 5.77. The first-order chi connectivity index (χ1) is 15.3. The van der Waals surface area contributed by atoms with Crippen molar-refractivity contribution in [3.63, 3.8) is 0 Å². The summed E-state index contributed by atoms with van der Waals surface area (Å²) in [4.78, 5) is 25.6. The van der Waals surface area contributed by atoms with Gasteiger partial charge in [0.1, 0.15) is 11.9 Å². The Balaban J connectivity index is 1.68. The van der Waals surface area contributed by atoms with Gasteiger partial charge in [0.15, 0.2) is 0 Å². The lowest BCUT2D eigenvalue weighted by atomic mass is 9.94. The first-order valence-corrected chi connectivity index (χ1v) is 10.5. The largest absolute Gasteiger partial charge is 0.507 e. The normalized spacial score (nSPS) is 17.9. The molecule has 6 nitrogen and oxygen atoms in total. The summed E-state index contributed by atoms with van der Waals surface area (Å²) in [5, 5.41) is 19.7. The molecule has 0 bridgehead atoms. The third kappa shape index (κ3) is 4.30. The molecule has 32 heavy (non-hydrogen) atoms. The molecule has 0 spiro atoms. The van der Waals surface area contributed by atoms with Crippen LogP contribution in [0.25, 0.3) is 11.1 Å². The minimum Gasteiger partial charge on any atom is -0.507 e. The number of ether oxygens (including phenoxy) is 1. The molecular formula is C26H25NO5. The van der Waals surface area contributed by atoms with E-state index >= 15 is 0 Å². The molecule has 1 amide bonds. The zero-order valence-electron chi connectivity index (χ0n) is 18.0. The maximum Gasteiger partial charge on any atom is 0.411 e. The van der Waals surface area contributed by atoms with Gasteiger partial charge in [-0.3, -0.25) is 9.69 Å². The summed E-state index contributed by atoms with van der Waals surface area (Å²) in [5.74, 6) is -0.880. The fourth-order valence-corrected chi connectivity index (χ4v) is 4.19. The first kappa shape index (κ1) is 21.4. The highest BCUT2D eigenvalue weighted by Crippen LogP contribution is 2.37. The van der Waals surface area contributed by atoms with E-state index in [2.05, 4.69) is 0 Å². The standard InChI is InChI=1S/C26H25NO5/c1-16-8-10-21(22-13-18(14-24(29)30)9-11-23(22)28)20(12-16)15-27-17(2)25(32-26(27)31)19-6-4-3-5-7-19/h3-13,17,25,28H,14-15H2,1-2H3,(H,29,30)/t17-,25-/m0/s1. The van der Waals surface area contributed by atoms with E-state index in [1.807, 2.05) is 62.4 Å². The lowest BCUT2D eigenvalue weighted by Gasteiger charge is -2.23. The number of aryl methyl sites for hydroxylation is 1. The number of amides is 1. The van der Waals surface area contributed by atoms with Crippen LogP contribution < -0.4 is 0 Å². The van der Waals surface area contributed by atoms with Crippen LogP contribution in [0.1, 0.15) is 35.3 Å². The molecule has 0 aromatic heterocycles. The molecule has 3 aromatic carbocycles. The van der Waals surface area contributed by atoms with Gasteiger partial charge in [-0.1, -0.05) is 60.2 Å². The molecule has 2 N–H and O–H groups in total. The maximum absolute atomic E-state index is 12.7. The number of hydrogen-bond donors (Lipinski definition) is 2. The van der Waals surface area contributed by atoms with Gasteiger partial charge in [-0.15, -0.1) is 0 Å². The number of cyclic esters (lactones) is 1. The number of rotatable bonds is 6. The van der Waals surface area contributed by atoms with Gasteiger partial charge in [-0.25, -0.2) is 4.79 Å². The summed E-state index contributed by atoms with van der Waals surface area (Å²) in [7, 11) is 0. The predicted octanol–water partition coefficient (Wildman–Crippen LogP) is 5.08. The Morgan fingerprint density at radius 2 is 1.78 bits per heavy atom. The van der Waals surface area contributed by atoms with Crippen molar-refractivity contribution in [2.45, 2.75) is 39.0 Å². The predicted molar refractivity (Wildman–Crippen MR) is 120 cm³/mol. The van der Waals surface area contributed by atoms with Gasteiger partial charge in [-0.2, -0.15) is 0 Å². The highest BCUT2D eigenvalue weighted by atomic mass is 16.6. The van der Waals surface area contributed by atoms with Crippen LogP contribution in [0.5, 0.6) is 5.75 Å². The second kappa shape index (κ2) is 8.75. The highest BCUT2D eigenvalue weighted by Gasteiger charge is 2.39. The summed E-state index contributed by atoms with van der Waals surface area (Å²) in [6, 6.07) is 20.1. The molecule has 6 heteroatoms. The van der Waals surface area contributed by atoms with Gasteiger partial charge >= 0.3 is 12.1 Å². The van der Waals surface area contributed by atoms with Crippen LogP contribution in [-0.4, -0.2) is 33.2 Å². The molecule has 1 aliphatic heterocycles. The summed E-state index contributed by atoms with van der Waals surface area (Å²) in [6.07, 6.45) is -0.880. The van der Waals surface area contributed by atoms with E-state index in [0.717, 1.165) is 22.3 Å². The monoisotopic (exact) mass is 431 g/mol. The number of aromatic hydroxyl groups is 1. The van der Waals surface area contributed by atoms with Crippen molar-refractivity contribution in [3.8, 4) is 16.9 Å². The summed E-state index contributed by atoms with van der Waals surface area (Å²) in [6.45, 7) is 4.23. The molecule has 0 unspecified atom stereocenters. The van der Waals surface area contributed by atoms with Crippen molar-refractivity contribution in [1.29, 1.82) is 0 Å². The van der Waals surface area contributed by atoms with E-state index in [9.17, 15) is 14.7 Å². The van der Waals surface area contributed by atoms with Crippen LogP contribution in [0, 0.1) is 6.92 Å². The van der Waals surface area contributed by atoms with Crippen LogP contribution in [0.3, 0.4) is 0 Å². The SMILES string of the molecule is Cc1ccc(-c2cc(CC(=O)O)ccc2O)c(CN2C(=O)O[C@H](c3ccccc3)[C@@H]2C)c1. The third-order valence-corrected chi connectivity index (χ3v) is 5.83. The van der Waals surface area contributed by atoms with E-state index in [1.54, 1.807) is 17.0 Å². The molecule has 0 aliphatic carbocycles. The van der Waals surface area contributed by atoms with Gasteiger partial charge < -0.3 is 14.9 Å². The number of carbonyl (C=O) groups is 2. The average molecular weight is 431 g/mol. The number of phenolic OH excluding ortho intramolecular Hbond substituents is 1. The Hall–Kier alpha value is -3.80. The fraction of sp³-hybridized carbons (Fsp3) is 0.231. The number of carboxylic acid groups (broad SMARTS) is 1. The second-order valence-electron chi connectivity index (χ2n) is 8.17. The number of carbonyl (C=O) groups excluding carboxylic acids is 1. The number of hydrogen-bond acceptors (Lipinski definition) is 4. The van der Waals surface area contributed by atoms with E-state index < -0.39 is 5.97 Å². The van der Waals surface area contributed by atoms with Crippen LogP contribution in [0.4, 0.5) is 4.79 Å². The Morgan fingerprint density at radius 3 is 2.50 bits per heavy atom. The van der Waals surface area contributed by atoms with E-state index in [1.165, 1.54) is 6.07 Å². The van der Waals surface area contributed by atoms with Crippen molar-refractivity contribution in [3.05, 3.63) is 89.0 Å². The van der Waals surface area contributed by atoms with Crippen molar-refractivity contribution >= 4 is 12.1 Å². The van der Waals surface area contributed by atoms with Crippen molar-refractivity contribution < 1.29 is 24.5 Å². The van der Waals surface area contributed by atoms with Crippen LogP contribution in [-0.2, 0) is 22.5 Å². The quantitative estimate of drug-likeness (QED) is 0.569. The van der Waals surface area contributed by atoms with E-state index in [-0.39, 0.29) is 30.4 Å². The van der Waals surface area contributed by atoms with Crippen LogP contribution in [0.15, 0.2) is 66.7 Å². The number of phenols is 1. The Labute approximate surface area is 186 Å². The molecule has 0 saturated carbocycles. The first-order valence-electron chi connectivity index (χ1n) is 10.5. The number of aliphatic carboxylic acids is 1. The van der Waals surface area contributed by atoms with E-state index in [4.69, 9.17) is 9.84 Å². The number of nitrogens with zero attached hydrogens (tertiary/aromatic N) is 1. The van der Waals surface area contributed by atoms with Gasteiger partial charge in [0, 0.05) is 5.56 Å². The Kier molecular flexibility index (Phi) is 5.86. The summed E-state index contributed by atoms with van der Waals surface area (Å²) in [5.41, 5.74) is 4.70. The van der Waals surface area contributed by atoms with Crippen molar-refractivity contribution in [2.24, 2.45) is 0 Å². The molecule has 1 saturated heterocycles. The lowest BCUT2D eigenvalue weighted by Crippen LogP contribution is -2.31.